The quantitative estimate of drug-likeness (QED) is 0.826. The number of likely N-dealkylation sites (tertiary alicyclic amines) is 1. The van der Waals surface area contributed by atoms with Gasteiger partial charge in [-0.3, -0.25) is 14.5 Å². The van der Waals surface area contributed by atoms with Gasteiger partial charge in [-0.25, -0.2) is 14.4 Å². The van der Waals surface area contributed by atoms with Crippen molar-refractivity contribution in [3.63, 3.8) is 0 Å². The van der Waals surface area contributed by atoms with Crippen LogP contribution in [0.25, 0.3) is 0 Å². The fourth-order valence-electron chi connectivity index (χ4n) is 3.46. The van der Waals surface area contributed by atoms with Gasteiger partial charge in [0.05, 0.1) is 23.8 Å². The summed E-state index contributed by atoms with van der Waals surface area (Å²) in [4.78, 5) is 35.5. The van der Waals surface area contributed by atoms with Crippen LogP contribution >= 0.6 is 0 Å². The van der Waals surface area contributed by atoms with E-state index in [1.807, 2.05) is 4.90 Å². The fraction of sp³-hybridized carbons (Fsp3) is 0.400. The number of carbonyl (C=O) groups is 2. The van der Waals surface area contributed by atoms with E-state index in [9.17, 15) is 14.0 Å². The molecule has 0 bridgehead atoms. The molecule has 2 amide bonds. The first-order chi connectivity index (χ1) is 13.5. The van der Waals surface area contributed by atoms with Crippen LogP contribution in [0.15, 0.2) is 30.5 Å². The minimum Gasteiger partial charge on any atom is -0.355 e. The van der Waals surface area contributed by atoms with Crippen LogP contribution < -0.4 is 10.6 Å². The van der Waals surface area contributed by atoms with Crippen molar-refractivity contribution >= 4 is 17.5 Å². The minimum absolute atomic E-state index is 0.137. The molecule has 8 heteroatoms. The zero-order chi connectivity index (χ0) is 20.1. The van der Waals surface area contributed by atoms with E-state index < -0.39 is 0 Å². The molecule has 1 aromatic heterocycles. The first-order valence-corrected chi connectivity index (χ1v) is 9.33. The van der Waals surface area contributed by atoms with E-state index in [4.69, 9.17) is 0 Å². The molecule has 0 radical (unpaired) electrons. The lowest BCUT2D eigenvalue weighted by Crippen LogP contribution is -2.40. The van der Waals surface area contributed by atoms with Crippen molar-refractivity contribution in [2.45, 2.75) is 32.2 Å². The molecular formula is C20H24FN5O2. The Labute approximate surface area is 163 Å². The number of anilines is 1. The molecule has 1 aromatic carbocycles. The number of aromatic nitrogens is 2. The van der Waals surface area contributed by atoms with E-state index in [0.717, 1.165) is 25.8 Å². The highest BCUT2D eigenvalue weighted by molar-refractivity contribution is 5.95. The molecule has 1 saturated heterocycles. The lowest BCUT2D eigenvalue weighted by Gasteiger charge is -2.35. The monoisotopic (exact) mass is 385 g/mol. The molecule has 0 unspecified atom stereocenters. The van der Waals surface area contributed by atoms with Gasteiger partial charge in [0.25, 0.3) is 5.91 Å². The second-order valence-electron chi connectivity index (χ2n) is 6.83. The molecular weight excluding hydrogens is 361 g/mol. The van der Waals surface area contributed by atoms with Crippen molar-refractivity contribution < 1.29 is 14.0 Å². The van der Waals surface area contributed by atoms with Crippen LogP contribution in [-0.4, -0.2) is 46.8 Å². The largest absolute Gasteiger partial charge is 0.355 e. The Morgan fingerprint density at radius 2 is 2.00 bits per heavy atom. The number of amides is 2. The maximum absolute atomic E-state index is 13.0. The maximum Gasteiger partial charge on any atom is 0.254 e. The summed E-state index contributed by atoms with van der Waals surface area (Å²) in [5.41, 5.74) is 1.63. The zero-order valence-corrected chi connectivity index (χ0v) is 16.0. The number of hydrogen-bond acceptors (Lipinski definition) is 5. The SMILES string of the molecule is CNC(=O)c1cnc(C)nc1[C@H]1CCCCN1CC(=O)Nc1ccc(F)cc1. The Morgan fingerprint density at radius 3 is 2.71 bits per heavy atom. The van der Waals surface area contributed by atoms with Gasteiger partial charge in [-0.1, -0.05) is 6.42 Å². The molecule has 2 heterocycles. The topological polar surface area (TPSA) is 87.2 Å². The predicted molar refractivity (Wildman–Crippen MR) is 103 cm³/mol. The third-order valence-electron chi connectivity index (χ3n) is 4.81. The van der Waals surface area contributed by atoms with Crippen LogP contribution in [0.5, 0.6) is 0 Å². The average Bonchev–Trinajstić information content (AvgIpc) is 2.69. The molecule has 1 aliphatic rings. The molecule has 2 N–H and O–H groups in total. The summed E-state index contributed by atoms with van der Waals surface area (Å²) in [6, 6.07) is 5.52. The number of carbonyl (C=O) groups excluding carboxylic acids is 2. The van der Waals surface area contributed by atoms with Gasteiger partial charge in [-0.15, -0.1) is 0 Å². The highest BCUT2D eigenvalue weighted by Gasteiger charge is 2.30. The van der Waals surface area contributed by atoms with Crippen LogP contribution in [0.3, 0.4) is 0 Å². The van der Waals surface area contributed by atoms with Crippen molar-refractivity contribution in [1.29, 1.82) is 0 Å². The lowest BCUT2D eigenvalue weighted by molar-refractivity contribution is -0.118. The molecule has 3 rings (SSSR count). The molecule has 0 spiro atoms. The summed E-state index contributed by atoms with van der Waals surface area (Å²) < 4.78 is 13.0. The summed E-state index contributed by atoms with van der Waals surface area (Å²) in [5.74, 6) is -0.194. The summed E-state index contributed by atoms with van der Waals surface area (Å²) in [6.45, 7) is 2.68. The van der Waals surface area contributed by atoms with E-state index in [0.29, 0.717) is 22.8 Å². The van der Waals surface area contributed by atoms with Gasteiger partial charge in [0.1, 0.15) is 11.6 Å². The van der Waals surface area contributed by atoms with Crippen molar-refractivity contribution in [3.8, 4) is 0 Å². The van der Waals surface area contributed by atoms with Gasteiger partial charge >= 0.3 is 0 Å². The van der Waals surface area contributed by atoms with E-state index >= 15 is 0 Å². The minimum atomic E-state index is -0.352. The Bertz CT molecular complexity index is 856. The number of rotatable bonds is 5. The van der Waals surface area contributed by atoms with Gasteiger partial charge in [0.15, 0.2) is 0 Å². The third kappa shape index (κ3) is 4.69. The molecule has 0 aliphatic carbocycles. The van der Waals surface area contributed by atoms with Crippen molar-refractivity contribution in [2.24, 2.45) is 0 Å². The first kappa shape index (κ1) is 19.9. The number of nitrogens with one attached hydrogen (secondary N) is 2. The number of hydrogen-bond donors (Lipinski definition) is 2. The number of piperidine rings is 1. The average molecular weight is 385 g/mol. The third-order valence-corrected chi connectivity index (χ3v) is 4.81. The van der Waals surface area contributed by atoms with Crippen molar-refractivity contribution in [2.75, 3.05) is 25.5 Å². The first-order valence-electron chi connectivity index (χ1n) is 9.33. The summed E-state index contributed by atoms with van der Waals surface area (Å²) in [5, 5.41) is 5.41. The van der Waals surface area contributed by atoms with E-state index in [-0.39, 0.29) is 30.2 Å². The fourth-order valence-corrected chi connectivity index (χ4v) is 3.46. The summed E-state index contributed by atoms with van der Waals surface area (Å²) in [7, 11) is 1.57. The standard InChI is InChI=1S/C20H24FN5O2/c1-13-23-11-16(20(28)22-2)19(24-13)17-5-3-4-10-26(17)12-18(27)25-15-8-6-14(21)7-9-15/h6-9,11,17H,3-5,10,12H2,1-2H3,(H,22,28)(H,25,27)/t17-/m1/s1. The number of halogens is 1. The Kier molecular flexibility index (Phi) is 6.30. The summed E-state index contributed by atoms with van der Waals surface area (Å²) >= 11 is 0. The number of nitrogens with zero attached hydrogens (tertiary/aromatic N) is 3. The van der Waals surface area contributed by atoms with E-state index in [1.165, 1.54) is 24.3 Å². The van der Waals surface area contributed by atoms with Crippen LogP contribution in [0.4, 0.5) is 10.1 Å². The molecule has 28 heavy (non-hydrogen) atoms. The lowest BCUT2D eigenvalue weighted by atomic mass is 9.96. The van der Waals surface area contributed by atoms with Crippen LogP contribution in [0.2, 0.25) is 0 Å². The Balaban J connectivity index is 1.79. The van der Waals surface area contributed by atoms with Gasteiger partial charge in [-0.2, -0.15) is 0 Å². The number of aryl methyl sites for hydroxylation is 1. The van der Waals surface area contributed by atoms with Crippen LogP contribution in [0, 0.1) is 12.7 Å². The summed E-state index contributed by atoms with van der Waals surface area (Å²) in [6.07, 6.45) is 4.32. The molecule has 1 fully saturated rings. The molecule has 148 valence electrons. The molecule has 0 saturated carbocycles. The highest BCUT2D eigenvalue weighted by atomic mass is 19.1. The van der Waals surface area contributed by atoms with Gasteiger partial charge in [0.2, 0.25) is 5.91 Å². The second-order valence-corrected chi connectivity index (χ2v) is 6.83. The van der Waals surface area contributed by atoms with Gasteiger partial charge in [0, 0.05) is 18.9 Å². The van der Waals surface area contributed by atoms with E-state index in [2.05, 4.69) is 20.6 Å². The molecule has 1 aliphatic heterocycles. The predicted octanol–water partition coefficient (Wildman–Crippen LogP) is 2.45. The van der Waals surface area contributed by atoms with Crippen molar-refractivity contribution in [1.82, 2.24) is 20.2 Å². The van der Waals surface area contributed by atoms with E-state index in [1.54, 1.807) is 20.2 Å². The smallest absolute Gasteiger partial charge is 0.254 e. The zero-order valence-electron chi connectivity index (χ0n) is 16.0. The Hall–Kier alpha value is -2.87. The van der Waals surface area contributed by atoms with Gasteiger partial charge in [-0.05, 0) is 50.6 Å². The van der Waals surface area contributed by atoms with Crippen LogP contribution in [-0.2, 0) is 4.79 Å². The van der Waals surface area contributed by atoms with Gasteiger partial charge < -0.3 is 10.6 Å². The Morgan fingerprint density at radius 1 is 1.25 bits per heavy atom. The maximum atomic E-state index is 13.0. The number of benzene rings is 1. The molecule has 1 atom stereocenters. The van der Waals surface area contributed by atoms with Crippen molar-refractivity contribution in [3.05, 3.63) is 53.4 Å². The highest BCUT2D eigenvalue weighted by Crippen LogP contribution is 2.31. The normalized spacial score (nSPS) is 17.2. The van der Waals surface area contributed by atoms with Crippen LogP contribution in [0.1, 0.15) is 47.2 Å². The molecule has 7 nitrogen and oxygen atoms in total. The second kappa shape index (κ2) is 8.88. The molecule has 2 aromatic rings.